The lowest BCUT2D eigenvalue weighted by molar-refractivity contribution is 0.478. The number of nitrogens with zero attached hydrogens (tertiary/aromatic N) is 5. The number of guanidine groups is 1. The number of aryl methyl sites for hydroxylation is 1. The van der Waals surface area contributed by atoms with Crippen molar-refractivity contribution in [1.82, 2.24) is 25.0 Å². The first-order valence-electron chi connectivity index (χ1n) is 8.08. The molecule has 0 unspecified atom stereocenters. The minimum Gasteiger partial charge on any atom is -0.356 e. The molecule has 0 amide bonds. The van der Waals surface area contributed by atoms with E-state index in [2.05, 4.69) is 32.7 Å². The molecule has 10 heteroatoms. The van der Waals surface area contributed by atoms with Crippen LogP contribution in [0.3, 0.4) is 0 Å². The van der Waals surface area contributed by atoms with Crippen LogP contribution in [0.5, 0.6) is 0 Å². The lowest BCUT2D eigenvalue weighted by Gasteiger charge is -2.22. The maximum atomic E-state index is 6.04. The summed E-state index contributed by atoms with van der Waals surface area (Å²) in [5.74, 6) is 3.74. The molecule has 0 radical (unpaired) electrons. The molecule has 2 heterocycles. The Morgan fingerprint density at radius 3 is 2.77 bits per heavy atom. The fourth-order valence-corrected chi connectivity index (χ4v) is 3.78. The second-order valence-electron chi connectivity index (χ2n) is 5.70. The van der Waals surface area contributed by atoms with Crippen molar-refractivity contribution in [2.45, 2.75) is 26.4 Å². The van der Waals surface area contributed by atoms with Crippen molar-refractivity contribution in [3.05, 3.63) is 33.0 Å². The normalized spacial score (nSPS) is 11.3. The lowest BCUT2D eigenvalue weighted by Crippen LogP contribution is -2.39. The molecule has 0 aliphatic carbocycles. The molecular formula is C16H26ClIN6S2. The third-order valence-electron chi connectivity index (χ3n) is 3.74. The highest BCUT2D eigenvalue weighted by molar-refractivity contribution is 14.0. The summed E-state index contributed by atoms with van der Waals surface area (Å²) >= 11 is 9.49. The number of nitrogens with one attached hydrogen (secondary N) is 1. The van der Waals surface area contributed by atoms with Gasteiger partial charge < -0.3 is 14.8 Å². The Bertz CT molecular complexity index is 703. The van der Waals surface area contributed by atoms with E-state index in [-0.39, 0.29) is 24.0 Å². The summed E-state index contributed by atoms with van der Waals surface area (Å²) in [7, 11) is 4.00. The molecule has 0 fully saturated rings. The number of thioether (sulfide) groups is 1. The van der Waals surface area contributed by atoms with Gasteiger partial charge in [0.25, 0.3) is 0 Å². The molecule has 0 aliphatic rings. The third-order valence-corrected chi connectivity index (χ3v) is 5.66. The Balaban J connectivity index is 0.00000338. The fourth-order valence-electron chi connectivity index (χ4n) is 2.21. The number of halogens is 2. The zero-order valence-corrected chi connectivity index (χ0v) is 20.2. The molecule has 0 spiro atoms. The van der Waals surface area contributed by atoms with Gasteiger partial charge in [-0.1, -0.05) is 11.6 Å². The number of rotatable bonds is 8. The highest BCUT2D eigenvalue weighted by Gasteiger charge is 2.10. The smallest absolute Gasteiger partial charge is 0.194 e. The van der Waals surface area contributed by atoms with Gasteiger partial charge in [0.1, 0.15) is 12.4 Å². The van der Waals surface area contributed by atoms with Gasteiger partial charge in [0.2, 0.25) is 0 Å². The fraction of sp³-hybridized carbons (Fsp3) is 0.562. The Labute approximate surface area is 185 Å². The van der Waals surface area contributed by atoms with Gasteiger partial charge in [0, 0.05) is 25.5 Å². The van der Waals surface area contributed by atoms with E-state index in [1.807, 2.05) is 43.4 Å². The molecule has 0 bridgehead atoms. The predicted octanol–water partition coefficient (Wildman–Crippen LogP) is 3.79. The van der Waals surface area contributed by atoms with Crippen molar-refractivity contribution in [3.63, 3.8) is 0 Å². The number of hydrogen-bond donors (Lipinski definition) is 1. The van der Waals surface area contributed by atoms with E-state index in [4.69, 9.17) is 16.6 Å². The quantitative estimate of drug-likeness (QED) is 0.245. The van der Waals surface area contributed by atoms with Gasteiger partial charge in [-0.25, -0.2) is 4.99 Å². The van der Waals surface area contributed by atoms with E-state index >= 15 is 0 Å². The first kappa shape index (κ1) is 23.5. The molecule has 0 aliphatic heterocycles. The van der Waals surface area contributed by atoms with Crippen LogP contribution < -0.4 is 5.32 Å². The minimum absolute atomic E-state index is 0. The molecule has 6 nitrogen and oxygen atoms in total. The monoisotopic (exact) mass is 528 g/mol. The summed E-state index contributed by atoms with van der Waals surface area (Å²) < 4.78 is 2.78. The van der Waals surface area contributed by atoms with Crippen molar-refractivity contribution in [3.8, 4) is 0 Å². The zero-order valence-electron chi connectivity index (χ0n) is 15.5. The number of aliphatic imine (C=N–C) groups is 1. The lowest BCUT2D eigenvalue weighted by atomic mass is 10.4. The molecule has 0 saturated heterocycles. The minimum atomic E-state index is 0. The summed E-state index contributed by atoms with van der Waals surface area (Å²) in [6.45, 7) is 4.10. The van der Waals surface area contributed by atoms with Gasteiger partial charge in [-0.05, 0) is 37.5 Å². The first-order valence-corrected chi connectivity index (χ1v) is 10.7. The largest absolute Gasteiger partial charge is 0.356 e. The molecule has 0 aromatic carbocycles. The van der Waals surface area contributed by atoms with Gasteiger partial charge in [0.15, 0.2) is 11.8 Å². The number of thiophene rings is 1. The summed E-state index contributed by atoms with van der Waals surface area (Å²) in [5, 5.41) is 11.7. The topological polar surface area (TPSA) is 58.3 Å². The van der Waals surface area contributed by atoms with E-state index in [9.17, 15) is 0 Å². The van der Waals surface area contributed by atoms with Crippen LogP contribution in [0.15, 0.2) is 17.1 Å². The van der Waals surface area contributed by atoms with Crippen LogP contribution in [0.4, 0.5) is 0 Å². The Kier molecular flexibility index (Phi) is 10.9. The van der Waals surface area contributed by atoms with Gasteiger partial charge in [-0.15, -0.1) is 45.5 Å². The Hall–Kier alpha value is -0.520. The molecule has 26 heavy (non-hydrogen) atoms. The van der Waals surface area contributed by atoms with E-state index in [1.165, 1.54) is 4.88 Å². The molecule has 146 valence electrons. The van der Waals surface area contributed by atoms with Crippen LogP contribution in [0.1, 0.15) is 22.9 Å². The Morgan fingerprint density at radius 2 is 2.19 bits per heavy atom. The van der Waals surface area contributed by atoms with Crippen molar-refractivity contribution in [2.75, 3.05) is 25.6 Å². The van der Waals surface area contributed by atoms with Gasteiger partial charge in [0.05, 0.1) is 10.9 Å². The molecule has 2 rings (SSSR count). The van der Waals surface area contributed by atoms with E-state index in [0.717, 1.165) is 47.2 Å². The van der Waals surface area contributed by atoms with Crippen LogP contribution in [0.2, 0.25) is 4.34 Å². The molecule has 0 atom stereocenters. The van der Waals surface area contributed by atoms with E-state index in [1.54, 1.807) is 11.3 Å². The second-order valence-corrected chi connectivity index (χ2v) is 8.48. The van der Waals surface area contributed by atoms with Crippen LogP contribution in [0, 0.1) is 6.92 Å². The molecular weight excluding hydrogens is 503 g/mol. The van der Waals surface area contributed by atoms with Gasteiger partial charge in [-0.3, -0.25) is 0 Å². The summed E-state index contributed by atoms with van der Waals surface area (Å²) in [6.07, 6.45) is 3.22. The van der Waals surface area contributed by atoms with Gasteiger partial charge >= 0.3 is 0 Å². The van der Waals surface area contributed by atoms with E-state index in [0.29, 0.717) is 6.54 Å². The SMILES string of the molecule is CSCCCNC(=NCc1nnc(C)n1C)N(C)Cc1ccc(Cl)s1.I. The number of hydrogen-bond acceptors (Lipinski definition) is 5. The average Bonchev–Trinajstić information content (AvgIpc) is 3.13. The molecule has 2 aromatic heterocycles. The van der Waals surface area contributed by atoms with Crippen LogP contribution in [0.25, 0.3) is 0 Å². The van der Waals surface area contributed by atoms with Crippen molar-refractivity contribution in [1.29, 1.82) is 0 Å². The summed E-state index contributed by atoms with van der Waals surface area (Å²) in [4.78, 5) is 8.07. The average molecular weight is 529 g/mol. The molecule has 0 saturated carbocycles. The van der Waals surface area contributed by atoms with Crippen LogP contribution in [-0.4, -0.2) is 51.2 Å². The van der Waals surface area contributed by atoms with Crippen molar-refractivity contribution in [2.24, 2.45) is 12.0 Å². The summed E-state index contributed by atoms with van der Waals surface area (Å²) in [5.41, 5.74) is 0. The van der Waals surface area contributed by atoms with E-state index < -0.39 is 0 Å². The number of aromatic nitrogens is 3. The third kappa shape index (κ3) is 7.24. The first-order chi connectivity index (χ1) is 12.0. The Morgan fingerprint density at radius 1 is 1.42 bits per heavy atom. The van der Waals surface area contributed by atoms with Crippen LogP contribution >= 0.6 is 58.7 Å². The zero-order chi connectivity index (χ0) is 18.2. The maximum absolute atomic E-state index is 6.04. The van der Waals surface area contributed by atoms with Crippen molar-refractivity contribution >= 4 is 64.6 Å². The standard InChI is InChI=1S/C16H25ClN6S2.HI/c1-12-20-21-15(23(12)3)10-19-16(18-8-5-9-24-4)22(2)11-13-6-7-14(17)25-13;/h6-7H,5,8-11H2,1-4H3,(H,18,19);1H. The highest BCUT2D eigenvalue weighted by atomic mass is 127. The summed E-state index contributed by atoms with van der Waals surface area (Å²) in [6, 6.07) is 3.99. The van der Waals surface area contributed by atoms with Crippen LogP contribution in [-0.2, 0) is 20.1 Å². The van der Waals surface area contributed by atoms with Crippen molar-refractivity contribution < 1.29 is 0 Å². The molecule has 2 aromatic rings. The van der Waals surface area contributed by atoms with Gasteiger partial charge in [-0.2, -0.15) is 11.8 Å². The maximum Gasteiger partial charge on any atom is 0.194 e. The highest BCUT2D eigenvalue weighted by Crippen LogP contribution is 2.22. The predicted molar refractivity (Wildman–Crippen MR) is 124 cm³/mol. The second kappa shape index (κ2) is 12.0. The molecule has 1 N–H and O–H groups in total.